The third-order valence-electron chi connectivity index (χ3n) is 6.07. The minimum atomic E-state index is -0.591. The van der Waals surface area contributed by atoms with Gasteiger partial charge in [-0.2, -0.15) is 0 Å². The molecule has 30 heavy (non-hydrogen) atoms. The van der Waals surface area contributed by atoms with Crippen LogP contribution in [0.1, 0.15) is 49.3 Å². The van der Waals surface area contributed by atoms with E-state index in [1.165, 1.54) is 17.5 Å². The molecule has 0 bridgehead atoms. The molecule has 164 valence electrons. The average molecular weight is 413 g/mol. The van der Waals surface area contributed by atoms with E-state index in [4.69, 9.17) is 9.84 Å². The third-order valence-corrected chi connectivity index (χ3v) is 6.07. The van der Waals surface area contributed by atoms with E-state index >= 15 is 0 Å². The van der Waals surface area contributed by atoms with Gasteiger partial charge in [-0.1, -0.05) is 48.5 Å². The molecule has 1 heterocycles. The first-order chi connectivity index (χ1) is 14.7. The van der Waals surface area contributed by atoms with E-state index < -0.39 is 6.10 Å². The van der Waals surface area contributed by atoms with Crippen molar-refractivity contribution in [2.24, 2.45) is 0 Å². The standard InChI is InChI=1S/C25H36N2O3/c1-30-24-15-6-5-12-21(24)18-26-23-14-9-17-27(16-8-7-13-22(29)19-28)25(23)20-10-3-2-4-11-20/h2-6,10-12,15,22-23,25-26,28-29H,7-9,13-14,16-19H2,1H3/t22?,23-,25-/m0/s1. The minimum Gasteiger partial charge on any atom is -0.496 e. The number of aliphatic hydroxyl groups excluding tert-OH is 2. The number of aliphatic hydroxyl groups is 2. The predicted octanol–water partition coefficient (Wildman–Crippen LogP) is 3.51. The normalized spacial score (nSPS) is 20.8. The molecule has 3 rings (SSSR count). The molecule has 3 N–H and O–H groups in total. The quantitative estimate of drug-likeness (QED) is 0.493. The Labute approximate surface area is 180 Å². The lowest BCUT2D eigenvalue weighted by Gasteiger charge is -2.42. The van der Waals surface area contributed by atoms with Crippen molar-refractivity contribution in [2.75, 3.05) is 26.8 Å². The van der Waals surface area contributed by atoms with Gasteiger partial charge in [0.2, 0.25) is 0 Å². The van der Waals surface area contributed by atoms with Gasteiger partial charge < -0.3 is 20.3 Å². The molecule has 5 heteroatoms. The molecule has 3 atom stereocenters. The zero-order valence-corrected chi connectivity index (χ0v) is 18.0. The lowest BCUT2D eigenvalue weighted by atomic mass is 9.89. The monoisotopic (exact) mass is 412 g/mol. The molecule has 5 nitrogen and oxygen atoms in total. The first-order valence-corrected chi connectivity index (χ1v) is 11.2. The molecule has 1 fully saturated rings. The van der Waals surface area contributed by atoms with Crippen molar-refractivity contribution in [3.63, 3.8) is 0 Å². The average Bonchev–Trinajstić information content (AvgIpc) is 2.81. The maximum absolute atomic E-state index is 9.60. The van der Waals surface area contributed by atoms with Gasteiger partial charge in [-0.15, -0.1) is 0 Å². The number of benzene rings is 2. The summed E-state index contributed by atoms with van der Waals surface area (Å²) in [6.07, 6.45) is 4.35. The molecular weight excluding hydrogens is 376 g/mol. The predicted molar refractivity (Wildman–Crippen MR) is 121 cm³/mol. The van der Waals surface area contributed by atoms with Crippen LogP contribution in [-0.2, 0) is 6.54 Å². The fourth-order valence-corrected chi connectivity index (χ4v) is 4.50. The van der Waals surface area contributed by atoms with Crippen molar-refractivity contribution in [1.29, 1.82) is 0 Å². The van der Waals surface area contributed by atoms with Crippen LogP contribution in [0.4, 0.5) is 0 Å². The molecule has 0 aromatic heterocycles. The van der Waals surface area contributed by atoms with Crippen LogP contribution in [-0.4, -0.2) is 54.1 Å². The highest BCUT2D eigenvalue weighted by atomic mass is 16.5. The third kappa shape index (κ3) is 6.29. The van der Waals surface area contributed by atoms with Gasteiger partial charge in [-0.25, -0.2) is 0 Å². The van der Waals surface area contributed by atoms with Crippen LogP contribution in [0.3, 0.4) is 0 Å². The summed E-state index contributed by atoms with van der Waals surface area (Å²) < 4.78 is 5.52. The van der Waals surface area contributed by atoms with Crippen molar-refractivity contribution in [2.45, 2.75) is 56.8 Å². The second-order valence-corrected chi connectivity index (χ2v) is 8.17. The Morgan fingerprint density at radius 3 is 2.63 bits per heavy atom. The number of para-hydroxylation sites is 1. The summed E-state index contributed by atoms with van der Waals surface area (Å²) in [7, 11) is 1.72. The number of nitrogens with zero attached hydrogens (tertiary/aromatic N) is 1. The van der Waals surface area contributed by atoms with E-state index in [0.29, 0.717) is 18.5 Å². The van der Waals surface area contributed by atoms with Crippen LogP contribution in [0.5, 0.6) is 5.75 Å². The molecule has 0 saturated carbocycles. The van der Waals surface area contributed by atoms with Gasteiger partial charge in [0.1, 0.15) is 5.75 Å². The molecule has 0 amide bonds. The Kier molecular flexibility index (Phi) is 9.15. The van der Waals surface area contributed by atoms with Crippen molar-refractivity contribution in [3.8, 4) is 5.75 Å². The minimum absolute atomic E-state index is 0.148. The molecule has 2 aromatic carbocycles. The summed E-state index contributed by atoms with van der Waals surface area (Å²) in [5.74, 6) is 0.927. The Balaban J connectivity index is 1.67. The summed E-state index contributed by atoms with van der Waals surface area (Å²) in [5, 5.41) is 22.4. The molecule has 1 saturated heterocycles. The summed E-state index contributed by atoms with van der Waals surface area (Å²) in [5.41, 5.74) is 2.53. The summed E-state index contributed by atoms with van der Waals surface area (Å²) in [6.45, 7) is 2.74. The lowest BCUT2D eigenvalue weighted by Crippen LogP contribution is -2.48. The number of rotatable bonds is 11. The maximum Gasteiger partial charge on any atom is 0.123 e. The summed E-state index contributed by atoms with van der Waals surface area (Å²) >= 11 is 0. The Morgan fingerprint density at radius 2 is 1.87 bits per heavy atom. The molecule has 0 radical (unpaired) electrons. The first-order valence-electron chi connectivity index (χ1n) is 11.2. The molecule has 1 unspecified atom stereocenters. The zero-order valence-electron chi connectivity index (χ0n) is 18.0. The highest BCUT2D eigenvalue weighted by molar-refractivity contribution is 5.33. The molecule has 2 aromatic rings. The van der Waals surface area contributed by atoms with Crippen LogP contribution < -0.4 is 10.1 Å². The van der Waals surface area contributed by atoms with Gasteiger partial charge in [0.25, 0.3) is 0 Å². The van der Waals surface area contributed by atoms with Gasteiger partial charge >= 0.3 is 0 Å². The summed E-state index contributed by atoms with van der Waals surface area (Å²) in [6, 6.07) is 19.7. The number of ether oxygens (including phenoxy) is 1. The molecular formula is C25H36N2O3. The second kappa shape index (κ2) is 12.1. The smallest absolute Gasteiger partial charge is 0.123 e. The number of hydrogen-bond donors (Lipinski definition) is 3. The molecule has 0 aliphatic carbocycles. The molecule has 0 spiro atoms. The number of likely N-dealkylation sites (tertiary alicyclic amines) is 1. The first kappa shape index (κ1) is 22.8. The number of methoxy groups -OCH3 is 1. The Bertz CT molecular complexity index is 740. The van der Waals surface area contributed by atoms with E-state index in [1.54, 1.807) is 7.11 Å². The summed E-state index contributed by atoms with van der Waals surface area (Å²) in [4.78, 5) is 2.59. The Morgan fingerprint density at radius 1 is 1.10 bits per heavy atom. The molecule has 1 aliphatic rings. The largest absolute Gasteiger partial charge is 0.496 e. The number of hydrogen-bond acceptors (Lipinski definition) is 5. The van der Waals surface area contributed by atoms with Crippen LogP contribution in [0.15, 0.2) is 54.6 Å². The number of unbranched alkanes of at least 4 members (excludes halogenated alkanes) is 1. The fraction of sp³-hybridized carbons (Fsp3) is 0.520. The number of nitrogens with one attached hydrogen (secondary N) is 1. The van der Waals surface area contributed by atoms with Crippen molar-refractivity contribution >= 4 is 0 Å². The lowest BCUT2D eigenvalue weighted by molar-refractivity contribution is 0.0804. The van der Waals surface area contributed by atoms with Crippen LogP contribution in [0.25, 0.3) is 0 Å². The van der Waals surface area contributed by atoms with Crippen molar-refractivity contribution in [1.82, 2.24) is 10.2 Å². The van der Waals surface area contributed by atoms with E-state index in [9.17, 15) is 5.11 Å². The number of piperidine rings is 1. The molecule has 1 aliphatic heterocycles. The second-order valence-electron chi connectivity index (χ2n) is 8.17. The van der Waals surface area contributed by atoms with Crippen molar-refractivity contribution < 1.29 is 14.9 Å². The highest BCUT2D eigenvalue weighted by Crippen LogP contribution is 2.32. The van der Waals surface area contributed by atoms with Gasteiger partial charge in [-0.05, 0) is 56.8 Å². The highest BCUT2D eigenvalue weighted by Gasteiger charge is 2.32. The van der Waals surface area contributed by atoms with E-state index in [-0.39, 0.29) is 6.61 Å². The maximum atomic E-state index is 9.60. The van der Waals surface area contributed by atoms with Gasteiger partial charge in [-0.3, -0.25) is 4.90 Å². The van der Waals surface area contributed by atoms with Crippen LogP contribution >= 0.6 is 0 Å². The zero-order chi connectivity index (χ0) is 21.2. The van der Waals surface area contributed by atoms with Crippen molar-refractivity contribution in [3.05, 3.63) is 65.7 Å². The van der Waals surface area contributed by atoms with Gasteiger partial charge in [0.15, 0.2) is 0 Å². The van der Waals surface area contributed by atoms with Crippen LogP contribution in [0, 0.1) is 0 Å². The van der Waals surface area contributed by atoms with E-state index in [1.807, 2.05) is 12.1 Å². The SMILES string of the molecule is COc1ccccc1CN[C@H]1CCCN(CCCCC(O)CO)[C@H]1c1ccccc1. The Hall–Kier alpha value is -1.92. The van der Waals surface area contributed by atoms with E-state index in [2.05, 4.69) is 52.7 Å². The topological polar surface area (TPSA) is 65.0 Å². The van der Waals surface area contributed by atoms with E-state index in [0.717, 1.165) is 44.6 Å². The van der Waals surface area contributed by atoms with Gasteiger partial charge in [0, 0.05) is 18.2 Å². The van der Waals surface area contributed by atoms with Gasteiger partial charge in [0.05, 0.1) is 25.9 Å². The van der Waals surface area contributed by atoms with Crippen LogP contribution in [0.2, 0.25) is 0 Å². The fourth-order valence-electron chi connectivity index (χ4n) is 4.50.